The fourth-order valence-corrected chi connectivity index (χ4v) is 1.65. The second kappa shape index (κ2) is 7.48. The van der Waals surface area contributed by atoms with E-state index >= 15 is 0 Å². The maximum absolute atomic E-state index is 11.2. The molecule has 0 saturated heterocycles. The number of anilines is 1. The molecule has 0 atom stereocenters. The van der Waals surface area contributed by atoms with Gasteiger partial charge in [-0.05, 0) is 24.9 Å². The Kier molecular flexibility index (Phi) is 5.38. The molecule has 0 amide bonds. The van der Waals surface area contributed by atoms with E-state index in [2.05, 4.69) is 30.4 Å². The average molecular weight is 312 g/mol. The first-order chi connectivity index (χ1) is 10.2. The molecule has 0 aliphatic heterocycles. The Balaban J connectivity index is 1.90. The first kappa shape index (κ1) is 15.1. The summed E-state index contributed by atoms with van der Waals surface area (Å²) in [6, 6.07) is 0. The highest BCUT2D eigenvalue weighted by molar-refractivity contribution is 6.28. The highest BCUT2D eigenvalue weighted by atomic mass is 35.5. The van der Waals surface area contributed by atoms with Gasteiger partial charge in [0.05, 0.1) is 6.61 Å². The van der Waals surface area contributed by atoms with Crippen LogP contribution in [0.2, 0.25) is 5.28 Å². The third-order valence-corrected chi connectivity index (χ3v) is 2.54. The van der Waals surface area contributed by atoms with Gasteiger partial charge in [-0.3, -0.25) is 4.79 Å². The second-order valence-electron chi connectivity index (χ2n) is 3.90. The lowest BCUT2D eigenvalue weighted by molar-refractivity contribution is -0.143. The molecule has 0 saturated carbocycles. The normalized spacial score (nSPS) is 10.4. The summed E-state index contributed by atoms with van der Waals surface area (Å²) >= 11 is 5.83. The van der Waals surface area contributed by atoms with Crippen molar-refractivity contribution in [2.45, 2.75) is 19.8 Å². The minimum absolute atomic E-state index is 0.0448. The molecular formula is C11H14ClN7O2. The number of hydrogen-bond donors (Lipinski definition) is 1. The van der Waals surface area contributed by atoms with Crippen molar-refractivity contribution in [3.63, 3.8) is 0 Å². The van der Waals surface area contributed by atoms with Crippen molar-refractivity contribution in [1.29, 1.82) is 0 Å². The topological polar surface area (TPSA) is 108 Å². The molecule has 2 aromatic rings. The molecule has 0 radical (unpaired) electrons. The Bertz CT molecular complexity index is 590. The maximum Gasteiger partial charge on any atom is 0.305 e. The fraction of sp³-hybridized carbons (Fsp3) is 0.455. The van der Waals surface area contributed by atoms with Gasteiger partial charge in [-0.1, -0.05) is 0 Å². The summed E-state index contributed by atoms with van der Waals surface area (Å²) in [5.41, 5.74) is 0. The number of aromatic nitrogens is 6. The summed E-state index contributed by atoms with van der Waals surface area (Å²) < 4.78 is 6.21. The van der Waals surface area contributed by atoms with Crippen molar-refractivity contribution < 1.29 is 9.53 Å². The molecule has 1 N–H and O–H groups in total. The SMILES string of the molecule is CCOC(=O)CCCNc1nc(Cl)nc(-n2cncn2)n1. The van der Waals surface area contributed by atoms with E-state index in [9.17, 15) is 4.79 Å². The molecule has 0 unspecified atom stereocenters. The average Bonchev–Trinajstić information content (AvgIpc) is 2.97. The summed E-state index contributed by atoms with van der Waals surface area (Å²) in [6.07, 6.45) is 3.75. The zero-order valence-corrected chi connectivity index (χ0v) is 12.1. The summed E-state index contributed by atoms with van der Waals surface area (Å²) in [5, 5.41) is 6.93. The molecule has 10 heteroatoms. The van der Waals surface area contributed by atoms with Crippen molar-refractivity contribution in [2.24, 2.45) is 0 Å². The predicted octanol–water partition coefficient (Wildman–Crippen LogP) is 0.861. The zero-order valence-electron chi connectivity index (χ0n) is 11.4. The van der Waals surface area contributed by atoms with Crippen molar-refractivity contribution >= 4 is 23.5 Å². The summed E-state index contributed by atoms with van der Waals surface area (Å²) in [7, 11) is 0. The van der Waals surface area contributed by atoms with Crippen LogP contribution in [-0.4, -0.2) is 48.8 Å². The van der Waals surface area contributed by atoms with E-state index in [4.69, 9.17) is 16.3 Å². The van der Waals surface area contributed by atoms with Gasteiger partial charge in [-0.25, -0.2) is 4.98 Å². The number of hydrogen-bond acceptors (Lipinski definition) is 8. The standard InChI is InChI=1S/C11H14ClN7O2/c1-2-21-8(20)4-3-5-14-10-16-9(12)17-11(18-10)19-7-13-6-15-19/h6-7H,2-5H2,1H3,(H,14,16,17,18). The third-order valence-electron chi connectivity index (χ3n) is 2.37. The van der Waals surface area contributed by atoms with Crippen LogP contribution >= 0.6 is 11.6 Å². The Labute approximate surface area is 125 Å². The van der Waals surface area contributed by atoms with Gasteiger partial charge in [-0.2, -0.15) is 24.7 Å². The van der Waals surface area contributed by atoms with Crippen molar-refractivity contribution in [1.82, 2.24) is 29.7 Å². The number of rotatable bonds is 7. The van der Waals surface area contributed by atoms with Crippen LogP contribution < -0.4 is 5.32 Å². The number of nitrogens with one attached hydrogen (secondary N) is 1. The van der Waals surface area contributed by atoms with Gasteiger partial charge in [0, 0.05) is 13.0 Å². The van der Waals surface area contributed by atoms with Gasteiger partial charge < -0.3 is 10.1 Å². The largest absolute Gasteiger partial charge is 0.466 e. The Morgan fingerprint density at radius 1 is 1.43 bits per heavy atom. The monoisotopic (exact) mass is 311 g/mol. The Morgan fingerprint density at radius 2 is 2.29 bits per heavy atom. The number of nitrogens with zero attached hydrogens (tertiary/aromatic N) is 6. The second-order valence-corrected chi connectivity index (χ2v) is 4.24. The van der Waals surface area contributed by atoms with Crippen LogP contribution in [0.15, 0.2) is 12.7 Å². The van der Waals surface area contributed by atoms with Crippen LogP contribution in [-0.2, 0) is 9.53 Å². The van der Waals surface area contributed by atoms with Crippen LogP contribution in [0.5, 0.6) is 0 Å². The molecule has 0 aliphatic rings. The van der Waals surface area contributed by atoms with Crippen LogP contribution in [0.1, 0.15) is 19.8 Å². The Morgan fingerprint density at radius 3 is 3.00 bits per heavy atom. The molecule has 112 valence electrons. The first-order valence-electron chi connectivity index (χ1n) is 6.35. The molecule has 2 rings (SSSR count). The van der Waals surface area contributed by atoms with E-state index < -0.39 is 0 Å². The van der Waals surface area contributed by atoms with Gasteiger partial charge in [0.15, 0.2) is 0 Å². The van der Waals surface area contributed by atoms with Gasteiger partial charge in [0.25, 0.3) is 5.95 Å². The van der Waals surface area contributed by atoms with E-state index in [1.807, 2.05) is 0 Å². The zero-order chi connectivity index (χ0) is 15.1. The number of halogens is 1. The number of esters is 1. The van der Waals surface area contributed by atoms with Crippen LogP contribution in [0.4, 0.5) is 5.95 Å². The molecule has 2 aromatic heterocycles. The van der Waals surface area contributed by atoms with E-state index in [1.165, 1.54) is 17.3 Å². The lowest BCUT2D eigenvalue weighted by Gasteiger charge is -2.06. The highest BCUT2D eigenvalue weighted by Gasteiger charge is 2.07. The molecule has 21 heavy (non-hydrogen) atoms. The van der Waals surface area contributed by atoms with Gasteiger partial charge in [0.1, 0.15) is 12.7 Å². The smallest absolute Gasteiger partial charge is 0.305 e. The van der Waals surface area contributed by atoms with Crippen molar-refractivity contribution in [2.75, 3.05) is 18.5 Å². The maximum atomic E-state index is 11.2. The van der Waals surface area contributed by atoms with Crippen LogP contribution in [0.25, 0.3) is 5.95 Å². The van der Waals surface area contributed by atoms with Gasteiger partial charge in [-0.15, -0.1) is 0 Å². The van der Waals surface area contributed by atoms with Crippen LogP contribution in [0.3, 0.4) is 0 Å². The summed E-state index contributed by atoms with van der Waals surface area (Å²) in [6.45, 7) is 2.67. The minimum atomic E-state index is -0.226. The summed E-state index contributed by atoms with van der Waals surface area (Å²) in [4.78, 5) is 27.0. The molecule has 9 nitrogen and oxygen atoms in total. The first-order valence-corrected chi connectivity index (χ1v) is 6.73. The molecular weight excluding hydrogens is 298 g/mol. The molecule has 0 spiro atoms. The van der Waals surface area contributed by atoms with E-state index in [0.29, 0.717) is 31.9 Å². The number of carbonyl (C=O) groups is 1. The molecule has 0 bridgehead atoms. The lowest BCUT2D eigenvalue weighted by atomic mass is 10.3. The highest BCUT2D eigenvalue weighted by Crippen LogP contribution is 2.08. The van der Waals surface area contributed by atoms with Gasteiger partial charge >= 0.3 is 5.97 Å². The minimum Gasteiger partial charge on any atom is -0.466 e. The van der Waals surface area contributed by atoms with Gasteiger partial charge in [0.2, 0.25) is 11.2 Å². The van der Waals surface area contributed by atoms with Crippen molar-refractivity contribution in [3.05, 3.63) is 17.9 Å². The molecule has 2 heterocycles. The fourth-order valence-electron chi connectivity index (χ4n) is 1.50. The number of carbonyl (C=O) groups excluding carboxylic acids is 1. The van der Waals surface area contributed by atoms with Crippen LogP contribution in [0, 0.1) is 0 Å². The van der Waals surface area contributed by atoms with E-state index in [-0.39, 0.29) is 17.2 Å². The number of ether oxygens (including phenoxy) is 1. The quantitative estimate of drug-likeness (QED) is 0.592. The molecule has 0 aliphatic carbocycles. The molecule has 0 fully saturated rings. The van der Waals surface area contributed by atoms with Crippen molar-refractivity contribution in [3.8, 4) is 5.95 Å². The Hall–Kier alpha value is -2.29. The lowest BCUT2D eigenvalue weighted by Crippen LogP contribution is -2.12. The van der Waals surface area contributed by atoms with E-state index in [1.54, 1.807) is 6.92 Å². The molecule has 0 aromatic carbocycles. The summed E-state index contributed by atoms with van der Waals surface area (Å²) in [5.74, 6) is 0.348. The third kappa shape index (κ3) is 4.63. The van der Waals surface area contributed by atoms with E-state index in [0.717, 1.165) is 0 Å². The predicted molar refractivity (Wildman–Crippen MR) is 74.1 cm³/mol.